The molecule has 0 fully saturated rings. The van der Waals surface area contributed by atoms with Crippen molar-refractivity contribution in [2.24, 2.45) is 0 Å². The standard InChI is InChI=1S/C16H21BrN2S/c1-13-6-7-16(20-13)11-18-8-9-19(2)12-14-4-3-5-15(17)10-14/h3-7,10,18H,8-9,11-12H2,1-2H3. The Kier molecular flexibility index (Phi) is 6.23. The maximum atomic E-state index is 3.51. The Balaban J connectivity index is 1.66. The Morgan fingerprint density at radius 1 is 1.25 bits per heavy atom. The zero-order valence-corrected chi connectivity index (χ0v) is 14.4. The molecule has 0 aliphatic rings. The summed E-state index contributed by atoms with van der Waals surface area (Å²) in [6.07, 6.45) is 0. The Labute approximate surface area is 133 Å². The van der Waals surface area contributed by atoms with E-state index in [9.17, 15) is 0 Å². The molecule has 2 rings (SSSR count). The minimum atomic E-state index is 0.975. The van der Waals surface area contributed by atoms with Crippen LogP contribution in [-0.2, 0) is 13.1 Å². The maximum Gasteiger partial charge on any atom is 0.0300 e. The summed E-state index contributed by atoms with van der Waals surface area (Å²) in [5.74, 6) is 0. The van der Waals surface area contributed by atoms with Gasteiger partial charge in [0.05, 0.1) is 0 Å². The van der Waals surface area contributed by atoms with Gasteiger partial charge in [0.15, 0.2) is 0 Å². The Morgan fingerprint density at radius 2 is 2.10 bits per heavy atom. The molecule has 0 aliphatic heterocycles. The van der Waals surface area contributed by atoms with Crippen molar-refractivity contribution in [1.29, 1.82) is 0 Å². The van der Waals surface area contributed by atoms with E-state index in [0.29, 0.717) is 0 Å². The van der Waals surface area contributed by atoms with Crippen molar-refractivity contribution in [3.63, 3.8) is 0 Å². The van der Waals surface area contributed by atoms with E-state index in [0.717, 1.165) is 30.7 Å². The van der Waals surface area contributed by atoms with Crippen molar-refractivity contribution in [3.8, 4) is 0 Å². The molecule has 4 heteroatoms. The molecule has 0 spiro atoms. The zero-order chi connectivity index (χ0) is 14.4. The third-order valence-corrected chi connectivity index (χ3v) is 4.60. The first kappa shape index (κ1) is 15.7. The number of halogens is 1. The summed E-state index contributed by atoms with van der Waals surface area (Å²) >= 11 is 5.38. The fourth-order valence-electron chi connectivity index (χ4n) is 2.09. The molecule has 0 amide bonds. The van der Waals surface area contributed by atoms with E-state index >= 15 is 0 Å². The summed E-state index contributed by atoms with van der Waals surface area (Å²) in [7, 11) is 2.16. The molecule has 2 nitrogen and oxygen atoms in total. The number of thiophene rings is 1. The number of nitrogens with one attached hydrogen (secondary N) is 1. The van der Waals surface area contributed by atoms with Gasteiger partial charge in [0.25, 0.3) is 0 Å². The fourth-order valence-corrected chi connectivity index (χ4v) is 3.39. The van der Waals surface area contributed by atoms with Gasteiger partial charge in [0.2, 0.25) is 0 Å². The number of benzene rings is 1. The number of aryl methyl sites for hydroxylation is 1. The van der Waals surface area contributed by atoms with Crippen LogP contribution in [0.1, 0.15) is 15.3 Å². The van der Waals surface area contributed by atoms with Gasteiger partial charge in [-0.25, -0.2) is 0 Å². The van der Waals surface area contributed by atoms with E-state index in [1.807, 2.05) is 11.3 Å². The molecular weight excluding hydrogens is 332 g/mol. The average molecular weight is 353 g/mol. The molecule has 0 saturated carbocycles. The molecule has 0 radical (unpaired) electrons. The molecule has 0 unspecified atom stereocenters. The summed E-state index contributed by atoms with van der Waals surface area (Å²) < 4.78 is 1.15. The molecule has 20 heavy (non-hydrogen) atoms. The Bertz CT molecular complexity index is 539. The van der Waals surface area contributed by atoms with E-state index in [-0.39, 0.29) is 0 Å². The number of nitrogens with zero attached hydrogens (tertiary/aromatic N) is 1. The van der Waals surface area contributed by atoms with Gasteiger partial charge in [-0.2, -0.15) is 0 Å². The lowest BCUT2D eigenvalue weighted by Crippen LogP contribution is -2.28. The number of hydrogen-bond donors (Lipinski definition) is 1. The first-order valence-corrected chi connectivity index (χ1v) is 8.43. The minimum absolute atomic E-state index is 0.975. The van der Waals surface area contributed by atoms with Crippen LogP contribution in [0.4, 0.5) is 0 Å². The molecule has 0 saturated heterocycles. The van der Waals surface area contributed by atoms with Crippen LogP contribution in [0.5, 0.6) is 0 Å². The molecule has 0 aliphatic carbocycles. The molecule has 0 atom stereocenters. The first-order valence-electron chi connectivity index (χ1n) is 6.82. The average Bonchev–Trinajstić information content (AvgIpc) is 2.80. The van der Waals surface area contributed by atoms with E-state index in [1.165, 1.54) is 15.3 Å². The SMILES string of the molecule is Cc1ccc(CNCCN(C)Cc2cccc(Br)c2)s1. The largest absolute Gasteiger partial charge is 0.311 e. The highest BCUT2D eigenvalue weighted by Gasteiger charge is 2.01. The lowest BCUT2D eigenvalue weighted by atomic mass is 10.2. The zero-order valence-electron chi connectivity index (χ0n) is 12.0. The van der Waals surface area contributed by atoms with Crippen LogP contribution >= 0.6 is 27.3 Å². The van der Waals surface area contributed by atoms with E-state index in [1.54, 1.807) is 0 Å². The van der Waals surface area contributed by atoms with Crippen molar-refractivity contribution in [2.45, 2.75) is 20.0 Å². The molecule has 0 bridgehead atoms. The minimum Gasteiger partial charge on any atom is -0.311 e. The van der Waals surface area contributed by atoms with Crippen LogP contribution < -0.4 is 5.32 Å². The number of likely N-dealkylation sites (N-methyl/N-ethyl adjacent to an activating group) is 1. The molecule has 2 aromatic rings. The van der Waals surface area contributed by atoms with Crippen LogP contribution in [0.25, 0.3) is 0 Å². The second-order valence-electron chi connectivity index (χ2n) is 5.06. The van der Waals surface area contributed by atoms with Crippen molar-refractivity contribution in [1.82, 2.24) is 10.2 Å². The van der Waals surface area contributed by atoms with Crippen LogP contribution in [0.2, 0.25) is 0 Å². The van der Waals surface area contributed by atoms with Gasteiger partial charge in [-0.05, 0) is 43.8 Å². The summed E-state index contributed by atoms with van der Waals surface area (Å²) in [6, 6.07) is 12.9. The molecule has 1 aromatic carbocycles. The van der Waals surface area contributed by atoms with Gasteiger partial charge in [-0.1, -0.05) is 28.1 Å². The molecule has 1 N–H and O–H groups in total. The highest BCUT2D eigenvalue weighted by Crippen LogP contribution is 2.14. The van der Waals surface area contributed by atoms with Crippen molar-refractivity contribution in [3.05, 3.63) is 56.2 Å². The predicted molar refractivity (Wildman–Crippen MR) is 91.2 cm³/mol. The van der Waals surface area contributed by atoms with Crippen molar-refractivity contribution >= 4 is 27.3 Å². The highest BCUT2D eigenvalue weighted by molar-refractivity contribution is 9.10. The maximum absolute atomic E-state index is 3.51. The van der Waals surface area contributed by atoms with Gasteiger partial charge in [0, 0.05) is 40.4 Å². The Hall–Kier alpha value is -0.680. The topological polar surface area (TPSA) is 15.3 Å². The molecular formula is C16H21BrN2S. The summed E-state index contributed by atoms with van der Waals surface area (Å²) in [5, 5.41) is 3.50. The molecule has 1 aromatic heterocycles. The number of hydrogen-bond acceptors (Lipinski definition) is 3. The summed E-state index contributed by atoms with van der Waals surface area (Å²) in [5.41, 5.74) is 1.34. The van der Waals surface area contributed by atoms with Crippen molar-refractivity contribution in [2.75, 3.05) is 20.1 Å². The van der Waals surface area contributed by atoms with Crippen molar-refractivity contribution < 1.29 is 0 Å². The van der Waals surface area contributed by atoms with Gasteiger partial charge < -0.3 is 10.2 Å². The van der Waals surface area contributed by atoms with Gasteiger partial charge in [-0.15, -0.1) is 11.3 Å². The van der Waals surface area contributed by atoms with E-state index in [2.05, 4.69) is 76.5 Å². The number of rotatable bonds is 7. The van der Waals surface area contributed by atoms with Gasteiger partial charge in [0.1, 0.15) is 0 Å². The monoisotopic (exact) mass is 352 g/mol. The quantitative estimate of drug-likeness (QED) is 0.756. The van der Waals surface area contributed by atoms with Crippen LogP contribution in [-0.4, -0.2) is 25.0 Å². The first-order chi connectivity index (χ1) is 9.63. The predicted octanol–water partition coefficient (Wildman–Crippen LogP) is 4.04. The van der Waals surface area contributed by atoms with Gasteiger partial charge in [-0.3, -0.25) is 0 Å². The van der Waals surface area contributed by atoms with Gasteiger partial charge >= 0.3 is 0 Å². The molecule has 1 heterocycles. The normalized spacial score (nSPS) is 11.2. The van der Waals surface area contributed by atoms with E-state index in [4.69, 9.17) is 0 Å². The third kappa shape index (κ3) is 5.37. The fraction of sp³-hybridized carbons (Fsp3) is 0.375. The smallest absolute Gasteiger partial charge is 0.0300 e. The summed E-state index contributed by atoms with van der Waals surface area (Å²) in [6.45, 7) is 6.18. The lowest BCUT2D eigenvalue weighted by molar-refractivity contribution is 0.324. The second-order valence-corrected chi connectivity index (χ2v) is 7.34. The van der Waals surface area contributed by atoms with E-state index < -0.39 is 0 Å². The summed E-state index contributed by atoms with van der Waals surface area (Å²) in [4.78, 5) is 5.14. The van der Waals surface area contributed by atoms with Crippen LogP contribution in [0, 0.1) is 6.92 Å². The molecule has 108 valence electrons. The Morgan fingerprint density at radius 3 is 2.80 bits per heavy atom. The second kappa shape index (κ2) is 7.93. The third-order valence-electron chi connectivity index (χ3n) is 3.11. The highest BCUT2D eigenvalue weighted by atomic mass is 79.9. The van der Waals surface area contributed by atoms with Crippen LogP contribution in [0.3, 0.4) is 0 Å². The van der Waals surface area contributed by atoms with Crippen LogP contribution in [0.15, 0.2) is 40.9 Å². The lowest BCUT2D eigenvalue weighted by Gasteiger charge is -2.17.